The molecular weight excluding hydrogens is 377 g/mol. The van der Waals surface area contributed by atoms with E-state index in [9.17, 15) is 9.18 Å². The number of benzene rings is 2. The lowest BCUT2D eigenvalue weighted by Gasteiger charge is -2.08. The smallest absolute Gasteiger partial charge is 0.269 e. The van der Waals surface area contributed by atoms with Gasteiger partial charge in [0.2, 0.25) is 0 Å². The number of nitrogens with zero attached hydrogens (tertiary/aromatic N) is 1. The zero-order chi connectivity index (χ0) is 19.8. The van der Waals surface area contributed by atoms with E-state index >= 15 is 0 Å². The van der Waals surface area contributed by atoms with Gasteiger partial charge >= 0.3 is 0 Å². The first-order chi connectivity index (χ1) is 13.5. The first-order valence-electron chi connectivity index (χ1n) is 8.74. The Bertz CT molecular complexity index is 1200. The highest BCUT2D eigenvalue weighted by atomic mass is 35.5. The molecule has 2 N–H and O–H groups in total. The molecule has 0 bridgehead atoms. The number of amides is 1. The van der Waals surface area contributed by atoms with Gasteiger partial charge in [0, 0.05) is 29.7 Å². The summed E-state index contributed by atoms with van der Waals surface area (Å²) in [6, 6.07) is 14.2. The van der Waals surface area contributed by atoms with E-state index in [2.05, 4.69) is 15.3 Å². The van der Waals surface area contributed by atoms with E-state index in [1.807, 2.05) is 31.2 Å². The minimum Gasteiger partial charge on any atom is -0.354 e. The predicted molar refractivity (Wildman–Crippen MR) is 110 cm³/mol. The summed E-state index contributed by atoms with van der Waals surface area (Å²) >= 11 is 6.19. The fourth-order valence-electron chi connectivity index (χ4n) is 3.30. The summed E-state index contributed by atoms with van der Waals surface area (Å²) in [7, 11) is 1.58. The van der Waals surface area contributed by atoms with E-state index in [1.165, 1.54) is 6.07 Å². The average Bonchev–Trinajstić information content (AvgIpc) is 3.09. The molecule has 0 radical (unpaired) electrons. The Kier molecular flexibility index (Phi) is 4.61. The van der Waals surface area contributed by atoms with Crippen molar-refractivity contribution in [3.8, 4) is 22.4 Å². The number of carbonyl (C=O) groups excluding carboxylic acids is 1. The van der Waals surface area contributed by atoms with Crippen molar-refractivity contribution < 1.29 is 9.18 Å². The fraction of sp³-hybridized carbons (Fsp3) is 0.0909. The number of pyridine rings is 1. The van der Waals surface area contributed by atoms with Crippen molar-refractivity contribution in [1.29, 1.82) is 0 Å². The van der Waals surface area contributed by atoms with E-state index in [4.69, 9.17) is 11.6 Å². The lowest BCUT2D eigenvalue weighted by Crippen LogP contribution is -2.19. The Morgan fingerprint density at radius 2 is 2.00 bits per heavy atom. The topological polar surface area (TPSA) is 57.8 Å². The maximum absolute atomic E-state index is 14.2. The van der Waals surface area contributed by atoms with Gasteiger partial charge < -0.3 is 10.3 Å². The molecule has 2 aromatic heterocycles. The van der Waals surface area contributed by atoms with Crippen LogP contribution in [0.2, 0.25) is 5.02 Å². The largest absolute Gasteiger partial charge is 0.354 e. The maximum Gasteiger partial charge on any atom is 0.269 e. The summed E-state index contributed by atoms with van der Waals surface area (Å²) in [5.74, 6) is -0.591. The molecule has 2 heterocycles. The number of H-pyrrole nitrogens is 1. The molecule has 28 heavy (non-hydrogen) atoms. The molecular formula is C22H17ClFN3O. The number of aromatic nitrogens is 2. The number of aryl methyl sites for hydroxylation is 1. The Morgan fingerprint density at radius 1 is 1.18 bits per heavy atom. The second-order valence-corrected chi connectivity index (χ2v) is 6.95. The third kappa shape index (κ3) is 3.14. The fourth-order valence-corrected chi connectivity index (χ4v) is 3.57. The van der Waals surface area contributed by atoms with Gasteiger partial charge in [-0.3, -0.25) is 9.78 Å². The Labute approximate surface area is 166 Å². The van der Waals surface area contributed by atoms with E-state index in [0.717, 1.165) is 27.6 Å². The summed E-state index contributed by atoms with van der Waals surface area (Å²) in [4.78, 5) is 19.2. The van der Waals surface area contributed by atoms with Crippen LogP contribution in [0.1, 0.15) is 16.1 Å². The number of hydrogen-bond acceptors (Lipinski definition) is 2. The highest BCUT2D eigenvalue weighted by Gasteiger charge is 2.14. The second kappa shape index (κ2) is 7.09. The number of rotatable bonds is 3. The van der Waals surface area contributed by atoms with Gasteiger partial charge in [-0.25, -0.2) is 4.39 Å². The quantitative estimate of drug-likeness (QED) is 0.492. The van der Waals surface area contributed by atoms with Crippen molar-refractivity contribution in [2.24, 2.45) is 0 Å². The minimum absolute atomic E-state index is 0.220. The number of hydrogen-bond donors (Lipinski definition) is 2. The minimum atomic E-state index is -0.371. The molecule has 0 aliphatic carbocycles. The lowest BCUT2D eigenvalue weighted by atomic mass is 10.0. The normalized spacial score (nSPS) is 11.0. The van der Waals surface area contributed by atoms with Crippen LogP contribution >= 0.6 is 11.6 Å². The van der Waals surface area contributed by atoms with Crippen LogP contribution in [-0.4, -0.2) is 22.9 Å². The molecule has 0 aliphatic rings. The molecule has 4 aromatic rings. The first-order valence-corrected chi connectivity index (χ1v) is 9.12. The highest BCUT2D eigenvalue weighted by Crippen LogP contribution is 2.34. The van der Waals surface area contributed by atoms with Gasteiger partial charge in [0.1, 0.15) is 11.5 Å². The van der Waals surface area contributed by atoms with Crippen LogP contribution in [0.15, 0.2) is 54.7 Å². The van der Waals surface area contributed by atoms with Crippen LogP contribution in [0.5, 0.6) is 0 Å². The third-order valence-corrected chi connectivity index (χ3v) is 5.05. The van der Waals surface area contributed by atoms with E-state index < -0.39 is 0 Å². The molecule has 0 atom stereocenters. The number of nitrogens with one attached hydrogen (secondary N) is 2. The summed E-state index contributed by atoms with van der Waals surface area (Å²) in [5.41, 5.74) is 5.08. The van der Waals surface area contributed by atoms with Crippen molar-refractivity contribution >= 4 is 28.4 Å². The molecule has 0 saturated carbocycles. The SMILES string of the molecule is CNC(=O)c1cc(C)c(-c2ccc3[nH]c(-c4c(F)cccc4Cl)cc3c2)cn1. The lowest BCUT2D eigenvalue weighted by molar-refractivity contribution is 0.0958. The molecule has 0 saturated heterocycles. The van der Waals surface area contributed by atoms with Gasteiger partial charge in [0.25, 0.3) is 5.91 Å². The van der Waals surface area contributed by atoms with E-state index in [1.54, 1.807) is 31.4 Å². The van der Waals surface area contributed by atoms with Crippen molar-refractivity contribution in [2.75, 3.05) is 7.05 Å². The third-order valence-electron chi connectivity index (χ3n) is 4.73. The Hall–Kier alpha value is -3.18. The zero-order valence-corrected chi connectivity index (χ0v) is 16.1. The van der Waals surface area contributed by atoms with Crippen molar-refractivity contribution in [3.63, 3.8) is 0 Å². The molecule has 0 fully saturated rings. The average molecular weight is 394 g/mol. The van der Waals surface area contributed by atoms with Crippen LogP contribution in [0, 0.1) is 12.7 Å². The molecule has 1 amide bonds. The summed E-state index contributed by atoms with van der Waals surface area (Å²) in [5, 5.41) is 3.86. The summed E-state index contributed by atoms with van der Waals surface area (Å²) < 4.78 is 14.2. The zero-order valence-electron chi connectivity index (χ0n) is 15.3. The Balaban J connectivity index is 1.78. The number of aromatic amines is 1. The van der Waals surface area contributed by atoms with E-state index in [-0.39, 0.29) is 11.7 Å². The van der Waals surface area contributed by atoms with Gasteiger partial charge in [-0.1, -0.05) is 23.7 Å². The Morgan fingerprint density at radius 3 is 2.71 bits per heavy atom. The molecule has 2 aromatic carbocycles. The number of carbonyl (C=O) groups is 1. The second-order valence-electron chi connectivity index (χ2n) is 6.55. The molecule has 0 aliphatic heterocycles. The van der Waals surface area contributed by atoms with Crippen molar-refractivity contribution in [1.82, 2.24) is 15.3 Å². The summed E-state index contributed by atoms with van der Waals surface area (Å²) in [6.45, 7) is 1.94. The van der Waals surface area contributed by atoms with Gasteiger partial charge in [0.15, 0.2) is 0 Å². The van der Waals surface area contributed by atoms with Gasteiger partial charge in [-0.15, -0.1) is 0 Å². The monoisotopic (exact) mass is 393 g/mol. The summed E-state index contributed by atoms with van der Waals surface area (Å²) in [6.07, 6.45) is 1.70. The number of halogens is 2. The number of fused-ring (bicyclic) bond motifs is 1. The van der Waals surface area contributed by atoms with Crippen LogP contribution in [0.25, 0.3) is 33.3 Å². The van der Waals surface area contributed by atoms with Gasteiger partial charge in [-0.2, -0.15) is 0 Å². The highest BCUT2D eigenvalue weighted by molar-refractivity contribution is 6.33. The van der Waals surface area contributed by atoms with E-state index in [0.29, 0.717) is 22.0 Å². The van der Waals surface area contributed by atoms with Crippen LogP contribution in [-0.2, 0) is 0 Å². The van der Waals surface area contributed by atoms with Crippen molar-refractivity contribution in [2.45, 2.75) is 6.92 Å². The molecule has 140 valence electrons. The molecule has 0 unspecified atom stereocenters. The molecule has 4 rings (SSSR count). The standard InChI is InChI=1S/C22H17ClFN3O/c1-12-8-20(22(28)25-2)26-11-15(12)13-6-7-18-14(9-13)10-19(27-18)21-16(23)4-3-5-17(21)24/h3-11,27H,1-2H3,(H,25,28). The molecule has 4 nitrogen and oxygen atoms in total. The van der Waals surface area contributed by atoms with Crippen LogP contribution in [0.3, 0.4) is 0 Å². The maximum atomic E-state index is 14.2. The van der Waals surface area contributed by atoms with Gasteiger partial charge in [-0.05, 0) is 54.4 Å². The van der Waals surface area contributed by atoms with Crippen LogP contribution < -0.4 is 5.32 Å². The van der Waals surface area contributed by atoms with Crippen LogP contribution in [0.4, 0.5) is 4.39 Å². The molecule has 6 heteroatoms. The van der Waals surface area contributed by atoms with Gasteiger partial charge in [0.05, 0.1) is 16.3 Å². The molecule has 0 spiro atoms. The first kappa shape index (κ1) is 18.2. The predicted octanol–water partition coefficient (Wildman–Crippen LogP) is 5.36. The van der Waals surface area contributed by atoms with Crippen molar-refractivity contribution in [3.05, 3.63) is 76.8 Å².